The van der Waals surface area contributed by atoms with Crippen molar-refractivity contribution in [2.45, 2.75) is 18.4 Å². The predicted molar refractivity (Wildman–Crippen MR) is 81.4 cm³/mol. The van der Waals surface area contributed by atoms with Gasteiger partial charge in [-0.2, -0.15) is 0 Å². The number of benzene rings is 2. The fourth-order valence-electron chi connectivity index (χ4n) is 1.80. The number of aryl methyl sites for hydroxylation is 1. The first-order valence-electron chi connectivity index (χ1n) is 5.83. The molecule has 0 aliphatic heterocycles. The van der Waals surface area contributed by atoms with Crippen molar-refractivity contribution in [1.82, 2.24) is 0 Å². The van der Waals surface area contributed by atoms with Crippen molar-refractivity contribution >= 4 is 34.8 Å². The van der Waals surface area contributed by atoms with Crippen molar-refractivity contribution in [1.29, 1.82) is 0 Å². The third-order valence-corrected chi connectivity index (χ3v) is 3.68. The molecule has 2 aromatic carbocycles. The van der Waals surface area contributed by atoms with E-state index in [1.807, 2.05) is 43.3 Å². The van der Waals surface area contributed by atoms with Crippen LogP contribution in [0.5, 0.6) is 5.75 Å². The number of hydrogen-bond donors (Lipinski definition) is 0. The van der Waals surface area contributed by atoms with Crippen LogP contribution in [0.3, 0.4) is 0 Å². The molecule has 0 amide bonds. The SMILES string of the molecule is Cc1ccccc1OCc1c(Cl)cccc1C(Cl)Cl. The molecule has 2 rings (SSSR count). The van der Waals surface area contributed by atoms with E-state index in [2.05, 4.69) is 0 Å². The van der Waals surface area contributed by atoms with E-state index in [1.165, 1.54) is 0 Å². The van der Waals surface area contributed by atoms with Crippen molar-refractivity contribution in [2.24, 2.45) is 0 Å². The molecule has 0 aliphatic rings. The summed E-state index contributed by atoms with van der Waals surface area (Å²) in [6, 6.07) is 13.3. The number of para-hydroxylation sites is 1. The summed E-state index contributed by atoms with van der Waals surface area (Å²) in [6.45, 7) is 2.34. The Balaban J connectivity index is 2.22. The molecule has 2 aromatic rings. The molecule has 0 radical (unpaired) electrons. The van der Waals surface area contributed by atoms with Gasteiger partial charge in [0.05, 0.1) is 0 Å². The zero-order chi connectivity index (χ0) is 13.8. The quantitative estimate of drug-likeness (QED) is 0.657. The second-order valence-electron chi connectivity index (χ2n) is 4.16. The van der Waals surface area contributed by atoms with Crippen molar-refractivity contribution in [3.63, 3.8) is 0 Å². The molecule has 0 bridgehead atoms. The van der Waals surface area contributed by atoms with Crippen LogP contribution >= 0.6 is 34.8 Å². The maximum absolute atomic E-state index is 6.18. The average Bonchev–Trinajstić information content (AvgIpc) is 2.38. The van der Waals surface area contributed by atoms with Crippen molar-refractivity contribution in [2.75, 3.05) is 0 Å². The van der Waals surface area contributed by atoms with Gasteiger partial charge in [-0.05, 0) is 30.2 Å². The molecule has 100 valence electrons. The van der Waals surface area contributed by atoms with Crippen molar-refractivity contribution < 1.29 is 4.74 Å². The Morgan fingerprint density at radius 3 is 2.47 bits per heavy atom. The van der Waals surface area contributed by atoms with E-state index in [1.54, 1.807) is 6.07 Å². The summed E-state index contributed by atoms with van der Waals surface area (Å²) in [5.74, 6) is 0.828. The van der Waals surface area contributed by atoms with E-state index in [0.29, 0.717) is 11.6 Å². The van der Waals surface area contributed by atoms with Crippen LogP contribution in [0.4, 0.5) is 0 Å². The van der Waals surface area contributed by atoms with Gasteiger partial charge in [0.25, 0.3) is 0 Å². The minimum Gasteiger partial charge on any atom is -0.489 e. The standard InChI is InChI=1S/C15H13Cl3O/c1-10-5-2-3-8-14(10)19-9-12-11(15(17)18)6-4-7-13(12)16/h2-8,15H,9H2,1H3. The molecule has 1 nitrogen and oxygen atoms in total. The zero-order valence-corrected chi connectivity index (χ0v) is 12.6. The summed E-state index contributed by atoms with van der Waals surface area (Å²) in [6.07, 6.45) is 0. The van der Waals surface area contributed by atoms with Gasteiger partial charge < -0.3 is 4.74 Å². The summed E-state index contributed by atoms with van der Waals surface area (Å²) >= 11 is 18.1. The maximum atomic E-state index is 6.18. The Kier molecular flexibility index (Phi) is 4.98. The van der Waals surface area contributed by atoms with Crippen LogP contribution in [0.25, 0.3) is 0 Å². The van der Waals surface area contributed by atoms with Crippen LogP contribution in [0, 0.1) is 6.92 Å². The Morgan fingerprint density at radius 1 is 1.05 bits per heavy atom. The molecule has 0 N–H and O–H groups in total. The molecule has 0 unspecified atom stereocenters. The molecule has 0 heterocycles. The van der Waals surface area contributed by atoms with E-state index in [9.17, 15) is 0 Å². The third kappa shape index (κ3) is 3.56. The van der Waals surface area contributed by atoms with E-state index in [-0.39, 0.29) is 0 Å². The summed E-state index contributed by atoms with van der Waals surface area (Å²) in [4.78, 5) is -0.617. The largest absolute Gasteiger partial charge is 0.489 e. The Morgan fingerprint density at radius 2 is 1.79 bits per heavy atom. The smallest absolute Gasteiger partial charge is 0.133 e. The second kappa shape index (κ2) is 6.51. The minimum atomic E-state index is -0.617. The molecule has 0 atom stereocenters. The van der Waals surface area contributed by atoms with Gasteiger partial charge in [0, 0.05) is 10.6 Å². The van der Waals surface area contributed by atoms with Crippen LogP contribution in [0.15, 0.2) is 42.5 Å². The zero-order valence-electron chi connectivity index (χ0n) is 10.4. The monoisotopic (exact) mass is 314 g/mol. The number of rotatable bonds is 4. The Labute approximate surface area is 128 Å². The number of ether oxygens (including phenoxy) is 1. The van der Waals surface area contributed by atoms with Gasteiger partial charge in [-0.25, -0.2) is 0 Å². The van der Waals surface area contributed by atoms with Gasteiger partial charge in [0.2, 0.25) is 0 Å². The van der Waals surface area contributed by atoms with E-state index >= 15 is 0 Å². The summed E-state index contributed by atoms with van der Waals surface area (Å²) in [7, 11) is 0. The first kappa shape index (κ1) is 14.5. The van der Waals surface area contributed by atoms with Crippen LogP contribution in [-0.2, 0) is 6.61 Å². The summed E-state index contributed by atoms with van der Waals surface area (Å²) in [5.41, 5.74) is 2.68. The Hall–Kier alpha value is -0.890. The average molecular weight is 316 g/mol. The second-order valence-corrected chi connectivity index (χ2v) is 5.67. The summed E-state index contributed by atoms with van der Waals surface area (Å²) < 4.78 is 5.79. The van der Waals surface area contributed by atoms with Crippen LogP contribution in [-0.4, -0.2) is 0 Å². The highest BCUT2D eigenvalue weighted by atomic mass is 35.5. The molecular weight excluding hydrogens is 303 g/mol. The number of alkyl halides is 2. The first-order valence-corrected chi connectivity index (χ1v) is 7.08. The predicted octanol–water partition coefficient (Wildman–Crippen LogP) is 5.70. The van der Waals surface area contributed by atoms with Crippen LogP contribution in [0.2, 0.25) is 5.02 Å². The molecule has 0 saturated heterocycles. The fraction of sp³-hybridized carbons (Fsp3) is 0.200. The minimum absolute atomic E-state index is 0.343. The highest BCUT2D eigenvalue weighted by Gasteiger charge is 2.13. The number of hydrogen-bond acceptors (Lipinski definition) is 1. The molecule has 0 aromatic heterocycles. The van der Waals surface area contributed by atoms with Crippen molar-refractivity contribution in [3.8, 4) is 5.75 Å². The lowest BCUT2D eigenvalue weighted by Gasteiger charge is -2.14. The molecule has 0 spiro atoms. The molecule has 4 heteroatoms. The Bertz CT molecular complexity index is 567. The van der Waals surface area contributed by atoms with Crippen LogP contribution < -0.4 is 4.74 Å². The first-order chi connectivity index (χ1) is 9.09. The van der Waals surface area contributed by atoms with Gasteiger partial charge >= 0.3 is 0 Å². The fourth-order valence-corrected chi connectivity index (χ4v) is 2.45. The van der Waals surface area contributed by atoms with E-state index < -0.39 is 4.84 Å². The molecule has 0 aliphatic carbocycles. The van der Waals surface area contributed by atoms with Gasteiger partial charge in [-0.15, -0.1) is 23.2 Å². The van der Waals surface area contributed by atoms with Gasteiger partial charge in [0.1, 0.15) is 17.2 Å². The lowest BCUT2D eigenvalue weighted by atomic mass is 10.1. The van der Waals surface area contributed by atoms with Gasteiger partial charge in [-0.1, -0.05) is 41.9 Å². The van der Waals surface area contributed by atoms with Gasteiger partial charge in [-0.3, -0.25) is 0 Å². The highest BCUT2D eigenvalue weighted by molar-refractivity contribution is 6.44. The van der Waals surface area contributed by atoms with Crippen LogP contribution in [0.1, 0.15) is 21.5 Å². The number of halogens is 3. The molecular formula is C15H13Cl3O. The van der Waals surface area contributed by atoms with E-state index in [0.717, 1.165) is 22.4 Å². The van der Waals surface area contributed by atoms with Crippen molar-refractivity contribution in [3.05, 3.63) is 64.2 Å². The molecule has 0 saturated carbocycles. The third-order valence-electron chi connectivity index (χ3n) is 2.86. The topological polar surface area (TPSA) is 9.23 Å². The molecule has 19 heavy (non-hydrogen) atoms. The normalized spacial score (nSPS) is 10.8. The maximum Gasteiger partial charge on any atom is 0.133 e. The lowest BCUT2D eigenvalue weighted by molar-refractivity contribution is 0.303. The summed E-state index contributed by atoms with van der Waals surface area (Å²) in [5, 5.41) is 0.609. The highest BCUT2D eigenvalue weighted by Crippen LogP contribution is 2.32. The van der Waals surface area contributed by atoms with E-state index in [4.69, 9.17) is 39.5 Å². The van der Waals surface area contributed by atoms with Gasteiger partial charge in [0.15, 0.2) is 0 Å². The lowest BCUT2D eigenvalue weighted by Crippen LogP contribution is -2.02. The molecule has 0 fully saturated rings.